The van der Waals surface area contributed by atoms with Crippen molar-refractivity contribution in [3.8, 4) is 61.0 Å². The van der Waals surface area contributed by atoms with Crippen molar-refractivity contribution in [1.29, 1.82) is 5.26 Å². The molecule has 13 rings (SSSR count). The fourth-order valence-electron chi connectivity index (χ4n) is 12.7. The predicted molar refractivity (Wildman–Crippen MR) is 276 cm³/mol. The number of carboxylic acids is 1. The number of hydrogen-bond donors (Lipinski definition) is 1. The first-order valence-electron chi connectivity index (χ1n) is 23.4. The van der Waals surface area contributed by atoms with Gasteiger partial charge in [-0.15, -0.1) is 11.3 Å². The van der Waals surface area contributed by atoms with Crippen LogP contribution in [-0.4, -0.2) is 11.1 Å². The molecular formula is C64H45NO2S. The zero-order valence-electron chi connectivity index (χ0n) is 38.2. The molecule has 0 amide bonds. The molecule has 0 saturated heterocycles. The lowest BCUT2D eigenvalue weighted by Gasteiger charge is -2.32. The average Bonchev–Trinajstić information content (AvgIpc) is 4.13. The molecule has 1 N–H and O–H groups in total. The Bertz CT molecular complexity index is 3610. The van der Waals surface area contributed by atoms with Crippen molar-refractivity contribution >= 4 is 23.4 Å². The van der Waals surface area contributed by atoms with E-state index in [9.17, 15) is 15.2 Å². The van der Waals surface area contributed by atoms with Crippen LogP contribution in [0.1, 0.15) is 99.7 Å². The molecule has 0 aliphatic heterocycles. The molecule has 8 aromatic carbocycles. The van der Waals surface area contributed by atoms with Crippen LogP contribution < -0.4 is 0 Å². The van der Waals surface area contributed by atoms with Gasteiger partial charge < -0.3 is 5.11 Å². The van der Waals surface area contributed by atoms with Gasteiger partial charge in [-0.1, -0.05) is 191 Å². The van der Waals surface area contributed by atoms with Crippen molar-refractivity contribution < 1.29 is 9.90 Å². The Labute approximate surface area is 401 Å². The van der Waals surface area contributed by atoms with Crippen LogP contribution in [0.2, 0.25) is 0 Å². The van der Waals surface area contributed by atoms with E-state index in [-0.39, 0.29) is 22.3 Å². The molecule has 0 saturated carbocycles. The SMILES string of the molecule is CC1(C)c2ccccc2-c2ccc(C(c3ccc4c(c3)C(C)(C)c3ccccc3-4)c3ccc4c(c3)C3(c5ccccc5-c5ccccc53)c3cc(-c5ccc(/C=C(\C#N)C(=O)O)s5)ccc3-4)cc21. The largest absolute Gasteiger partial charge is 0.477 e. The van der Waals surface area contributed by atoms with Gasteiger partial charge in [0.25, 0.3) is 0 Å². The molecule has 1 heterocycles. The van der Waals surface area contributed by atoms with E-state index in [4.69, 9.17) is 0 Å². The van der Waals surface area contributed by atoms with Gasteiger partial charge in [0.2, 0.25) is 0 Å². The number of benzene rings is 8. The lowest BCUT2D eigenvalue weighted by Crippen LogP contribution is -2.26. The number of fused-ring (bicyclic) bond motifs is 16. The third kappa shape index (κ3) is 5.42. The summed E-state index contributed by atoms with van der Waals surface area (Å²) in [5.74, 6) is -1.30. The summed E-state index contributed by atoms with van der Waals surface area (Å²) in [6, 6.07) is 70.2. The highest BCUT2D eigenvalue weighted by atomic mass is 32.1. The van der Waals surface area contributed by atoms with Gasteiger partial charge in [-0.25, -0.2) is 4.79 Å². The molecule has 4 aliphatic rings. The Hall–Kier alpha value is -7.84. The molecule has 1 spiro atoms. The number of hydrogen-bond acceptors (Lipinski definition) is 3. The fraction of sp³-hybridized carbons (Fsp3) is 0.125. The van der Waals surface area contributed by atoms with E-state index in [2.05, 4.69) is 198 Å². The van der Waals surface area contributed by atoms with Crippen molar-refractivity contribution in [3.05, 3.63) is 254 Å². The zero-order chi connectivity index (χ0) is 46.3. The van der Waals surface area contributed by atoms with E-state index in [1.807, 2.05) is 18.2 Å². The molecule has 4 heteroatoms. The maximum atomic E-state index is 11.8. The molecule has 324 valence electrons. The smallest absolute Gasteiger partial charge is 0.346 e. The molecular weight excluding hydrogens is 847 g/mol. The fourth-order valence-corrected chi connectivity index (χ4v) is 13.7. The number of rotatable bonds is 6. The van der Waals surface area contributed by atoms with E-state index in [1.165, 1.54) is 123 Å². The summed E-state index contributed by atoms with van der Waals surface area (Å²) in [4.78, 5) is 13.5. The van der Waals surface area contributed by atoms with Gasteiger partial charge in [-0.05, 0) is 136 Å². The van der Waals surface area contributed by atoms with E-state index in [1.54, 1.807) is 0 Å². The number of nitriles is 1. The minimum atomic E-state index is -1.23. The first-order valence-corrected chi connectivity index (χ1v) is 24.2. The van der Waals surface area contributed by atoms with Crippen molar-refractivity contribution in [3.63, 3.8) is 0 Å². The van der Waals surface area contributed by atoms with Crippen molar-refractivity contribution in [1.82, 2.24) is 0 Å². The molecule has 9 aromatic rings. The second-order valence-corrected chi connectivity index (χ2v) is 21.1. The van der Waals surface area contributed by atoms with E-state index < -0.39 is 11.4 Å². The summed E-state index contributed by atoms with van der Waals surface area (Å²) in [6.45, 7) is 9.49. The Morgan fingerprint density at radius 3 is 1.37 bits per heavy atom. The van der Waals surface area contributed by atoms with Crippen LogP contribution in [0, 0.1) is 11.3 Å². The predicted octanol–water partition coefficient (Wildman–Crippen LogP) is 15.5. The second kappa shape index (κ2) is 14.3. The minimum absolute atomic E-state index is 0.0696. The number of aliphatic carboxylic acids is 1. The first-order chi connectivity index (χ1) is 33.0. The summed E-state index contributed by atoms with van der Waals surface area (Å²) in [5, 5.41) is 19.1. The highest BCUT2D eigenvalue weighted by Crippen LogP contribution is 2.64. The molecule has 0 bridgehead atoms. The summed E-state index contributed by atoms with van der Waals surface area (Å²) in [7, 11) is 0. The number of carbonyl (C=O) groups is 1. The van der Waals surface area contributed by atoms with E-state index >= 15 is 0 Å². The standard InChI is InChI=1S/C64H45NO2S/c1-62(2)51-17-9-5-13-43(51)47-27-22-38(33-55(47)62)60(39-23-28-48-44-14-6-10-18-52(44)63(3,4)56(48)34-39)40-24-29-50-49-26-21-37(59-30-25-42(68-59)31-41(36-65)61(66)67)32-57(49)64(58(50)35-40)53-19-11-7-15-45(53)46-16-8-12-20-54(46)64/h5-35,60H,1-4H3,(H,66,67)/b41-31+. The van der Waals surface area contributed by atoms with Crippen LogP contribution in [0.3, 0.4) is 0 Å². The highest BCUT2D eigenvalue weighted by molar-refractivity contribution is 7.16. The first kappa shape index (κ1) is 40.4. The quantitative estimate of drug-likeness (QED) is 0.103. The van der Waals surface area contributed by atoms with Gasteiger partial charge in [0.15, 0.2) is 0 Å². The minimum Gasteiger partial charge on any atom is -0.477 e. The normalized spacial score (nSPS) is 15.4. The van der Waals surface area contributed by atoms with Gasteiger partial charge in [0, 0.05) is 26.5 Å². The van der Waals surface area contributed by atoms with Crippen LogP contribution in [0.25, 0.3) is 61.0 Å². The Morgan fingerprint density at radius 1 is 0.485 bits per heavy atom. The molecule has 4 aliphatic carbocycles. The average molecular weight is 892 g/mol. The Kier molecular flexibility index (Phi) is 8.52. The van der Waals surface area contributed by atoms with Crippen molar-refractivity contribution in [2.24, 2.45) is 0 Å². The zero-order valence-corrected chi connectivity index (χ0v) is 39.0. The lowest BCUT2D eigenvalue weighted by atomic mass is 9.69. The maximum Gasteiger partial charge on any atom is 0.346 e. The van der Waals surface area contributed by atoms with E-state index in [0.29, 0.717) is 0 Å². The van der Waals surface area contributed by atoms with Crippen LogP contribution in [0.4, 0.5) is 0 Å². The van der Waals surface area contributed by atoms with Crippen LogP contribution in [0.15, 0.2) is 188 Å². The molecule has 68 heavy (non-hydrogen) atoms. The number of thiophene rings is 1. The van der Waals surface area contributed by atoms with Gasteiger partial charge in [-0.3, -0.25) is 0 Å². The molecule has 0 unspecified atom stereocenters. The van der Waals surface area contributed by atoms with Crippen LogP contribution >= 0.6 is 11.3 Å². The topological polar surface area (TPSA) is 61.1 Å². The third-order valence-corrected chi connectivity index (χ3v) is 17.0. The number of nitrogens with zero attached hydrogens (tertiary/aromatic N) is 1. The Balaban J connectivity index is 1.04. The van der Waals surface area contributed by atoms with Gasteiger partial charge in [-0.2, -0.15) is 5.26 Å². The van der Waals surface area contributed by atoms with Crippen molar-refractivity contribution in [2.75, 3.05) is 0 Å². The van der Waals surface area contributed by atoms with Gasteiger partial charge in [0.05, 0.1) is 5.41 Å². The maximum absolute atomic E-state index is 11.8. The molecule has 0 radical (unpaired) electrons. The van der Waals surface area contributed by atoms with Gasteiger partial charge in [0.1, 0.15) is 11.6 Å². The van der Waals surface area contributed by atoms with E-state index in [0.717, 1.165) is 15.3 Å². The van der Waals surface area contributed by atoms with Gasteiger partial charge >= 0.3 is 5.97 Å². The highest BCUT2D eigenvalue weighted by Gasteiger charge is 2.52. The Morgan fingerprint density at radius 2 is 0.882 bits per heavy atom. The molecule has 1 aromatic heterocycles. The molecule has 0 atom stereocenters. The molecule has 0 fully saturated rings. The summed E-state index contributed by atoms with van der Waals surface area (Å²) in [5.41, 5.74) is 24.4. The van der Waals surface area contributed by atoms with Crippen LogP contribution in [-0.2, 0) is 21.0 Å². The second-order valence-electron chi connectivity index (χ2n) is 20.0. The van der Waals surface area contributed by atoms with Crippen molar-refractivity contribution in [2.45, 2.75) is 49.9 Å². The molecule has 3 nitrogen and oxygen atoms in total. The summed E-state index contributed by atoms with van der Waals surface area (Å²) < 4.78 is 0. The monoisotopic (exact) mass is 891 g/mol. The summed E-state index contributed by atoms with van der Waals surface area (Å²) >= 11 is 1.50. The third-order valence-electron chi connectivity index (χ3n) is 15.9. The number of carboxylic acid groups (broad SMARTS) is 1. The van der Waals surface area contributed by atoms with Crippen LogP contribution in [0.5, 0.6) is 0 Å². The summed E-state index contributed by atoms with van der Waals surface area (Å²) in [6.07, 6.45) is 1.46. The lowest BCUT2D eigenvalue weighted by molar-refractivity contribution is -0.132.